The maximum atomic E-state index is 12.1. The van der Waals surface area contributed by atoms with Crippen molar-refractivity contribution in [2.75, 3.05) is 7.11 Å². The summed E-state index contributed by atoms with van der Waals surface area (Å²) in [4.78, 5) is 44.7. The number of hydrogen-bond donors (Lipinski definition) is 0. The van der Waals surface area contributed by atoms with Crippen LogP contribution >= 0.6 is 0 Å². The van der Waals surface area contributed by atoms with Gasteiger partial charge in [0, 0.05) is 31.4 Å². The van der Waals surface area contributed by atoms with Crippen molar-refractivity contribution in [2.24, 2.45) is 0 Å². The molecule has 0 N–H and O–H groups in total. The average Bonchev–Trinajstić information content (AvgIpc) is 2.60. The van der Waals surface area contributed by atoms with Crippen LogP contribution in [0, 0.1) is 10.1 Å². The molecule has 2 atom stereocenters. The maximum absolute atomic E-state index is 12.1. The van der Waals surface area contributed by atoms with Gasteiger partial charge >= 0.3 is 23.4 Å². The van der Waals surface area contributed by atoms with E-state index in [4.69, 9.17) is 14.2 Å². The summed E-state index contributed by atoms with van der Waals surface area (Å²) in [5.74, 6) is -3.78. The van der Waals surface area contributed by atoms with Gasteiger partial charge in [0.25, 0.3) is 0 Å². The van der Waals surface area contributed by atoms with Gasteiger partial charge in [-0.1, -0.05) is 0 Å². The highest BCUT2D eigenvalue weighted by Gasteiger charge is 2.49. The van der Waals surface area contributed by atoms with Gasteiger partial charge < -0.3 is 14.2 Å². The number of hydrogen-bond acceptors (Lipinski definition) is 9. The Labute approximate surface area is 148 Å². The smallest absolute Gasteiger partial charge is 0.379 e. The third kappa shape index (κ3) is 4.14. The van der Waals surface area contributed by atoms with Gasteiger partial charge in [0.1, 0.15) is 6.29 Å². The summed E-state index contributed by atoms with van der Waals surface area (Å²) in [6, 6.07) is 3.66. The fraction of sp³-hybridized carbons (Fsp3) is 0.438. The molecular formula is C16H17NO9. The largest absolute Gasteiger partial charge is 0.464 e. The van der Waals surface area contributed by atoms with Crippen molar-refractivity contribution in [2.45, 2.75) is 38.3 Å². The molecule has 10 heteroatoms. The number of aldehydes is 1. The summed E-state index contributed by atoms with van der Waals surface area (Å²) in [6.45, 7) is 1.11. The molecule has 10 nitrogen and oxygen atoms in total. The third-order valence-corrected chi connectivity index (χ3v) is 3.65. The highest BCUT2D eigenvalue weighted by molar-refractivity contribution is 5.81. The van der Waals surface area contributed by atoms with Crippen LogP contribution in [0.15, 0.2) is 18.2 Å². The first-order valence-electron chi connectivity index (χ1n) is 7.67. The SMILES string of the molecule is COC(=O)C1(OC(C)=O)CCCC(Oc2ccc(C=O)cc2[N+](=O)[O-])O1. The topological polar surface area (TPSA) is 131 Å². The monoisotopic (exact) mass is 367 g/mol. The van der Waals surface area contributed by atoms with Crippen LogP contribution in [0.3, 0.4) is 0 Å². The molecule has 140 valence electrons. The molecule has 1 fully saturated rings. The van der Waals surface area contributed by atoms with Crippen molar-refractivity contribution in [3.8, 4) is 5.75 Å². The molecular weight excluding hydrogens is 350 g/mol. The van der Waals surface area contributed by atoms with Crippen LogP contribution in [-0.2, 0) is 23.8 Å². The molecule has 1 saturated heterocycles. The molecule has 1 aromatic carbocycles. The molecule has 0 radical (unpaired) electrons. The van der Waals surface area contributed by atoms with E-state index in [9.17, 15) is 24.5 Å². The van der Waals surface area contributed by atoms with E-state index in [1.165, 1.54) is 12.1 Å². The molecule has 0 saturated carbocycles. The van der Waals surface area contributed by atoms with Crippen molar-refractivity contribution < 1.29 is 38.3 Å². The van der Waals surface area contributed by atoms with Crippen LogP contribution < -0.4 is 4.74 Å². The minimum atomic E-state index is -1.97. The van der Waals surface area contributed by atoms with Gasteiger partial charge in [0.15, 0.2) is 5.75 Å². The number of carbonyl (C=O) groups excluding carboxylic acids is 3. The average molecular weight is 367 g/mol. The fourth-order valence-corrected chi connectivity index (χ4v) is 2.56. The van der Waals surface area contributed by atoms with Crippen molar-refractivity contribution >= 4 is 23.9 Å². The molecule has 0 aromatic heterocycles. The third-order valence-electron chi connectivity index (χ3n) is 3.65. The van der Waals surface area contributed by atoms with Crippen LogP contribution in [0.25, 0.3) is 0 Å². The molecule has 0 aliphatic carbocycles. The normalized spacial score (nSPS) is 22.2. The molecule has 1 heterocycles. The second kappa shape index (κ2) is 7.91. The van der Waals surface area contributed by atoms with Crippen molar-refractivity contribution in [3.63, 3.8) is 0 Å². The fourth-order valence-electron chi connectivity index (χ4n) is 2.56. The highest BCUT2D eigenvalue weighted by Crippen LogP contribution is 2.35. The molecule has 0 amide bonds. The van der Waals surface area contributed by atoms with Crippen molar-refractivity contribution in [3.05, 3.63) is 33.9 Å². The van der Waals surface area contributed by atoms with E-state index in [2.05, 4.69) is 4.74 Å². The first-order valence-corrected chi connectivity index (χ1v) is 7.67. The van der Waals surface area contributed by atoms with E-state index in [0.717, 1.165) is 20.1 Å². The predicted molar refractivity (Wildman–Crippen MR) is 84.3 cm³/mol. The van der Waals surface area contributed by atoms with Crippen LogP contribution in [0.4, 0.5) is 5.69 Å². The Morgan fingerprint density at radius 1 is 1.42 bits per heavy atom. The molecule has 2 unspecified atom stereocenters. The van der Waals surface area contributed by atoms with E-state index in [1.54, 1.807) is 0 Å². The summed E-state index contributed by atoms with van der Waals surface area (Å²) in [6.07, 6.45) is 0.116. The molecule has 0 spiro atoms. The van der Waals surface area contributed by atoms with Gasteiger partial charge in [-0.15, -0.1) is 0 Å². The maximum Gasteiger partial charge on any atom is 0.379 e. The van der Waals surface area contributed by atoms with E-state index in [1.807, 2.05) is 0 Å². The first kappa shape index (κ1) is 19.3. The van der Waals surface area contributed by atoms with E-state index in [0.29, 0.717) is 19.1 Å². The zero-order valence-corrected chi connectivity index (χ0v) is 14.1. The van der Waals surface area contributed by atoms with Gasteiger partial charge in [-0.25, -0.2) is 4.79 Å². The Hall–Kier alpha value is -3.01. The van der Waals surface area contributed by atoms with Crippen LogP contribution in [0.2, 0.25) is 0 Å². The molecule has 26 heavy (non-hydrogen) atoms. The van der Waals surface area contributed by atoms with Crippen LogP contribution in [0.1, 0.15) is 36.5 Å². The molecule has 1 aliphatic rings. The van der Waals surface area contributed by atoms with Gasteiger partial charge in [0.05, 0.1) is 12.0 Å². The lowest BCUT2D eigenvalue weighted by Crippen LogP contribution is -2.52. The Balaban J connectivity index is 2.27. The standard InChI is InChI=1S/C16H17NO9/c1-10(19)25-16(15(20)23-2)7-3-4-14(26-16)24-13-6-5-11(9-18)8-12(13)17(21)22/h5-6,8-9,14H,3-4,7H2,1-2H3. The molecule has 1 aliphatic heterocycles. The summed E-state index contributed by atoms with van der Waals surface area (Å²) in [5, 5.41) is 11.2. The number of rotatable bonds is 6. The van der Waals surface area contributed by atoms with Gasteiger partial charge in [-0.05, 0) is 18.6 Å². The van der Waals surface area contributed by atoms with Crippen molar-refractivity contribution in [1.82, 2.24) is 0 Å². The van der Waals surface area contributed by atoms with Gasteiger partial charge in [-0.2, -0.15) is 0 Å². The highest BCUT2D eigenvalue weighted by atomic mass is 16.8. The Morgan fingerprint density at radius 3 is 2.73 bits per heavy atom. The summed E-state index contributed by atoms with van der Waals surface area (Å²) >= 11 is 0. The first-order chi connectivity index (χ1) is 12.3. The minimum Gasteiger partial charge on any atom is -0.464 e. The Bertz CT molecular complexity index is 732. The second-order valence-corrected chi connectivity index (χ2v) is 5.50. The number of ether oxygens (including phenoxy) is 4. The predicted octanol–water partition coefficient (Wildman–Crippen LogP) is 1.75. The number of carbonyl (C=O) groups is 3. The number of nitro groups is 1. The summed E-state index contributed by atoms with van der Waals surface area (Å²) in [7, 11) is 1.12. The number of nitrogens with zero attached hydrogens (tertiary/aromatic N) is 1. The van der Waals surface area contributed by atoms with Gasteiger partial charge in [0.2, 0.25) is 6.29 Å². The molecule has 2 rings (SSSR count). The lowest BCUT2D eigenvalue weighted by atomic mass is 10.0. The van der Waals surface area contributed by atoms with Crippen LogP contribution in [0.5, 0.6) is 5.75 Å². The minimum absolute atomic E-state index is 0.0608. The zero-order chi connectivity index (χ0) is 19.3. The molecule has 0 bridgehead atoms. The Kier molecular flexibility index (Phi) is 5.88. The van der Waals surface area contributed by atoms with Crippen molar-refractivity contribution in [1.29, 1.82) is 0 Å². The number of esters is 2. The lowest BCUT2D eigenvalue weighted by molar-refractivity contribution is -0.387. The van der Waals surface area contributed by atoms with Gasteiger partial charge in [-0.3, -0.25) is 24.4 Å². The van der Waals surface area contributed by atoms with Crippen LogP contribution in [-0.4, -0.2) is 42.3 Å². The number of methoxy groups -OCH3 is 1. The number of nitro benzene ring substituents is 1. The lowest BCUT2D eigenvalue weighted by Gasteiger charge is -2.37. The van der Waals surface area contributed by atoms with E-state index in [-0.39, 0.29) is 17.7 Å². The quantitative estimate of drug-likeness (QED) is 0.319. The van der Waals surface area contributed by atoms with E-state index >= 15 is 0 Å². The summed E-state index contributed by atoms with van der Waals surface area (Å²) in [5.41, 5.74) is -0.322. The number of benzene rings is 1. The second-order valence-electron chi connectivity index (χ2n) is 5.50. The Morgan fingerprint density at radius 2 is 2.15 bits per heavy atom. The van der Waals surface area contributed by atoms with E-state index < -0.39 is 34.6 Å². The molecule has 1 aromatic rings. The zero-order valence-electron chi connectivity index (χ0n) is 14.1. The summed E-state index contributed by atoms with van der Waals surface area (Å²) < 4.78 is 20.7.